The summed E-state index contributed by atoms with van der Waals surface area (Å²) in [7, 11) is 0. The van der Waals surface area contributed by atoms with Gasteiger partial charge in [-0.2, -0.15) is 0 Å². The molecule has 0 bridgehead atoms. The van der Waals surface area contributed by atoms with Gasteiger partial charge in [0.2, 0.25) is 11.1 Å². The topological polar surface area (TPSA) is 85.8 Å². The molecular weight excluding hydrogens is 333 g/mol. The molecule has 1 atom stereocenters. The number of aryl methyl sites for hydroxylation is 1. The zero-order valence-corrected chi connectivity index (χ0v) is 13.6. The number of carbonyl (C=O) groups is 1. The Balaban J connectivity index is 2.06. The van der Waals surface area contributed by atoms with Crippen molar-refractivity contribution in [2.75, 3.05) is 11.2 Å². The summed E-state index contributed by atoms with van der Waals surface area (Å²) in [4.78, 5) is 12.2. The lowest BCUT2D eigenvalue weighted by Crippen LogP contribution is -2.23. The summed E-state index contributed by atoms with van der Waals surface area (Å²) in [5.74, 6) is 6.09. The van der Waals surface area contributed by atoms with E-state index < -0.39 is 5.25 Å². The van der Waals surface area contributed by atoms with E-state index >= 15 is 0 Å². The van der Waals surface area contributed by atoms with E-state index in [2.05, 4.69) is 15.5 Å². The smallest absolute Gasteiger partial charge is 0.237 e. The van der Waals surface area contributed by atoms with Crippen LogP contribution in [0.15, 0.2) is 23.4 Å². The van der Waals surface area contributed by atoms with Crippen molar-refractivity contribution < 1.29 is 4.79 Å². The van der Waals surface area contributed by atoms with Gasteiger partial charge >= 0.3 is 0 Å². The Bertz CT molecular complexity index is 676. The van der Waals surface area contributed by atoms with Crippen LogP contribution in [0.4, 0.5) is 5.69 Å². The average Bonchev–Trinajstić information content (AvgIpc) is 2.74. The SMILES string of the molecule is Cc1nnc(S[C@H](C)C(=O)Nc2cc(Cl)ccc2Cl)n1N. The van der Waals surface area contributed by atoms with Gasteiger partial charge in [0.1, 0.15) is 5.82 Å². The molecule has 0 unspecified atom stereocenters. The van der Waals surface area contributed by atoms with Crippen LogP contribution in [0.5, 0.6) is 0 Å². The Morgan fingerprint density at radius 1 is 1.43 bits per heavy atom. The Morgan fingerprint density at radius 3 is 2.76 bits per heavy atom. The standard InChI is InChI=1S/C12H13Cl2N5OS/c1-6(21-12-18-17-7(2)19(12)15)11(20)16-10-5-8(13)3-4-9(10)14/h3-6H,15H2,1-2H3,(H,16,20)/t6-/m1/s1. The zero-order valence-electron chi connectivity index (χ0n) is 11.3. The zero-order chi connectivity index (χ0) is 15.6. The van der Waals surface area contributed by atoms with Crippen molar-refractivity contribution in [3.05, 3.63) is 34.1 Å². The molecule has 0 spiro atoms. The van der Waals surface area contributed by atoms with E-state index in [0.717, 1.165) is 0 Å². The molecule has 0 aliphatic rings. The molecule has 2 aromatic rings. The van der Waals surface area contributed by atoms with E-state index in [1.54, 1.807) is 32.0 Å². The molecule has 3 N–H and O–H groups in total. The second kappa shape index (κ2) is 6.55. The van der Waals surface area contributed by atoms with Gasteiger partial charge in [-0.1, -0.05) is 35.0 Å². The minimum absolute atomic E-state index is 0.232. The number of benzene rings is 1. The lowest BCUT2D eigenvalue weighted by molar-refractivity contribution is -0.115. The summed E-state index contributed by atoms with van der Waals surface area (Å²) >= 11 is 13.1. The van der Waals surface area contributed by atoms with E-state index in [4.69, 9.17) is 29.0 Å². The van der Waals surface area contributed by atoms with Crippen molar-refractivity contribution in [1.82, 2.24) is 14.9 Å². The van der Waals surface area contributed by atoms with E-state index in [1.807, 2.05) is 0 Å². The summed E-state index contributed by atoms with van der Waals surface area (Å²) < 4.78 is 1.33. The van der Waals surface area contributed by atoms with E-state index in [1.165, 1.54) is 16.4 Å². The molecule has 1 amide bonds. The number of amides is 1. The first-order valence-electron chi connectivity index (χ1n) is 5.98. The Morgan fingerprint density at radius 2 is 2.14 bits per heavy atom. The van der Waals surface area contributed by atoms with E-state index in [9.17, 15) is 4.79 Å². The van der Waals surface area contributed by atoms with Gasteiger partial charge < -0.3 is 11.2 Å². The summed E-state index contributed by atoms with van der Waals surface area (Å²) in [6, 6.07) is 4.86. The van der Waals surface area contributed by atoms with Crippen LogP contribution in [0.3, 0.4) is 0 Å². The molecule has 1 aromatic heterocycles. The quantitative estimate of drug-likeness (QED) is 0.657. The van der Waals surface area contributed by atoms with Gasteiger partial charge in [0.15, 0.2) is 0 Å². The number of carbonyl (C=O) groups excluding carboxylic acids is 1. The number of nitrogen functional groups attached to an aromatic ring is 1. The average molecular weight is 346 g/mol. The first kappa shape index (κ1) is 15.9. The maximum Gasteiger partial charge on any atom is 0.237 e. The van der Waals surface area contributed by atoms with Crippen LogP contribution in [0, 0.1) is 6.92 Å². The van der Waals surface area contributed by atoms with Crippen molar-refractivity contribution >= 4 is 46.6 Å². The number of halogens is 2. The molecule has 2 rings (SSSR count). The third-order valence-electron chi connectivity index (χ3n) is 2.67. The fourth-order valence-electron chi connectivity index (χ4n) is 1.47. The van der Waals surface area contributed by atoms with Gasteiger partial charge in [-0.05, 0) is 32.0 Å². The van der Waals surface area contributed by atoms with Crippen molar-refractivity contribution in [2.24, 2.45) is 0 Å². The predicted molar refractivity (Wildman–Crippen MR) is 85.3 cm³/mol. The van der Waals surface area contributed by atoms with Crippen LogP contribution in [0.25, 0.3) is 0 Å². The van der Waals surface area contributed by atoms with Crippen LogP contribution in [-0.2, 0) is 4.79 Å². The highest BCUT2D eigenvalue weighted by Gasteiger charge is 2.19. The third-order valence-corrected chi connectivity index (χ3v) is 4.29. The van der Waals surface area contributed by atoms with E-state index in [0.29, 0.717) is 26.7 Å². The number of aromatic nitrogens is 3. The molecule has 0 saturated heterocycles. The van der Waals surface area contributed by atoms with Crippen molar-refractivity contribution in [2.45, 2.75) is 24.3 Å². The Kier molecular flexibility index (Phi) is 4.97. The summed E-state index contributed by atoms with van der Waals surface area (Å²) in [5.41, 5.74) is 0.465. The number of hydrogen-bond donors (Lipinski definition) is 2. The lowest BCUT2D eigenvalue weighted by Gasteiger charge is -2.12. The number of hydrogen-bond acceptors (Lipinski definition) is 5. The molecular formula is C12H13Cl2N5OS. The first-order chi connectivity index (χ1) is 9.88. The fourth-order valence-corrected chi connectivity index (χ4v) is 2.62. The molecule has 0 saturated carbocycles. The van der Waals surface area contributed by atoms with Gasteiger partial charge in [-0.3, -0.25) is 4.79 Å². The number of nitrogens with zero attached hydrogens (tertiary/aromatic N) is 3. The fraction of sp³-hybridized carbons (Fsp3) is 0.250. The first-order valence-corrected chi connectivity index (χ1v) is 7.61. The number of anilines is 1. The molecule has 0 radical (unpaired) electrons. The summed E-state index contributed by atoms with van der Waals surface area (Å²) in [6.45, 7) is 3.47. The van der Waals surface area contributed by atoms with Gasteiger partial charge in [0.25, 0.3) is 0 Å². The third kappa shape index (κ3) is 3.81. The van der Waals surface area contributed by atoms with Gasteiger partial charge in [-0.15, -0.1) is 10.2 Å². The van der Waals surface area contributed by atoms with E-state index in [-0.39, 0.29) is 5.91 Å². The van der Waals surface area contributed by atoms with Crippen LogP contribution in [0.1, 0.15) is 12.7 Å². The van der Waals surface area contributed by atoms with Crippen LogP contribution >= 0.6 is 35.0 Å². The molecule has 0 aliphatic heterocycles. The second-order valence-electron chi connectivity index (χ2n) is 4.27. The van der Waals surface area contributed by atoms with Crippen LogP contribution in [0.2, 0.25) is 10.0 Å². The summed E-state index contributed by atoms with van der Waals surface area (Å²) in [6.07, 6.45) is 0. The molecule has 21 heavy (non-hydrogen) atoms. The molecule has 112 valence electrons. The number of rotatable bonds is 4. The van der Waals surface area contributed by atoms with Crippen molar-refractivity contribution in [1.29, 1.82) is 0 Å². The highest BCUT2D eigenvalue weighted by molar-refractivity contribution is 8.00. The van der Waals surface area contributed by atoms with Crippen molar-refractivity contribution in [3.63, 3.8) is 0 Å². The molecule has 9 heteroatoms. The molecule has 0 aliphatic carbocycles. The monoisotopic (exact) mass is 345 g/mol. The predicted octanol–water partition coefficient (Wildman–Crippen LogP) is 2.73. The normalized spacial score (nSPS) is 12.2. The maximum absolute atomic E-state index is 12.2. The second-order valence-corrected chi connectivity index (χ2v) is 6.42. The summed E-state index contributed by atoms with van der Waals surface area (Å²) in [5, 5.41) is 11.4. The minimum atomic E-state index is -0.425. The number of thioether (sulfide) groups is 1. The Labute approximate surface area is 136 Å². The molecule has 0 fully saturated rings. The van der Waals surface area contributed by atoms with Crippen molar-refractivity contribution in [3.8, 4) is 0 Å². The highest BCUT2D eigenvalue weighted by atomic mass is 35.5. The highest BCUT2D eigenvalue weighted by Crippen LogP contribution is 2.27. The van der Waals surface area contributed by atoms with Gasteiger partial charge in [0, 0.05) is 5.02 Å². The minimum Gasteiger partial charge on any atom is -0.336 e. The van der Waals surface area contributed by atoms with Crippen LogP contribution in [-0.4, -0.2) is 26.0 Å². The Hall–Kier alpha value is -1.44. The lowest BCUT2D eigenvalue weighted by atomic mass is 10.3. The van der Waals surface area contributed by atoms with Crippen LogP contribution < -0.4 is 11.2 Å². The van der Waals surface area contributed by atoms with Gasteiger partial charge in [-0.25, -0.2) is 4.68 Å². The molecule has 6 nitrogen and oxygen atoms in total. The number of nitrogens with two attached hydrogens (primary N) is 1. The number of nitrogens with one attached hydrogen (secondary N) is 1. The maximum atomic E-state index is 12.2. The molecule has 1 heterocycles. The molecule has 1 aromatic carbocycles. The largest absolute Gasteiger partial charge is 0.336 e. The van der Waals surface area contributed by atoms with Gasteiger partial charge in [0.05, 0.1) is 16.0 Å².